The van der Waals surface area contributed by atoms with Crippen molar-refractivity contribution in [1.29, 1.82) is 0 Å². The molecule has 0 aliphatic heterocycles. The van der Waals surface area contributed by atoms with Crippen LogP contribution in [-0.2, 0) is 6.42 Å². The molecule has 0 unspecified atom stereocenters. The molecule has 0 aliphatic carbocycles. The molecule has 0 bridgehead atoms. The maximum absolute atomic E-state index is 5.69. The van der Waals surface area contributed by atoms with Gasteiger partial charge in [0, 0.05) is 5.56 Å². The van der Waals surface area contributed by atoms with Gasteiger partial charge in [-0.25, -0.2) is 0 Å². The minimum absolute atomic E-state index is 0.00267. The van der Waals surface area contributed by atoms with Crippen LogP contribution in [-0.4, -0.2) is 21.1 Å². The van der Waals surface area contributed by atoms with Crippen LogP contribution in [0.2, 0.25) is 0 Å². The van der Waals surface area contributed by atoms with Crippen molar-refractivity contribution >= 4 is 5.95 Å². The minimum atomic E-state index is -0.00267. The van der Waals surface area contributed by atoms with E-state index in [9.17, 15) is 0 Å². The van der Waals surface area contributed by atoms with Crippen LogP contribution in [0.5, 0.6) is 6.01 Å². The Morgan fingerprint density at radius 1 is 1.11 bits per heavy atom. The monoisotopic (exact) mass is 258 g/mol. The van der Waals surface area contributed by atoms with Gasteiger partial charge in [-0.15, -0.1) is 0 Å². The molecule has 1 heterocycles. The van der Waals surface area contributed by atoms with Gasteiger partial charge in [0.2, 0.25) is 5.95 Å². The van der Waals surface area contributed by atoms with E-state index in [0.29, 0.717) is 5.82 Å². The number of aryl methyl sites for hydroxylation is 1. The smallest absolute Gasteiger partial charge is 0.322 e. The van der Waals surface area contributed by atoms with Crippen LogP contribution >= 0.6 is 0 Å². The SMILES string of the molecule is CCc1ccc(-c2nc(N)nc(OC(C)C)n2)cc1. The Morgan fingerprint density at radius 3 is 2.37 bits per heavy atom. The van der Waals surface area contributed by atoms with Crippen molar-refractivity contribution in [1.82, 2.24) is 15.0 Å². The molecule has 0 amide bonds. The van der Waals surface area contributed by atoms with Gasteiger partial charge in [0.15, 0.2) is 5.82 Å². The lowest BCUT2D eigenvalue weighted by Crippen LogP contribution is -2.11. The standard InChI is InChI=1S/C14H18N4O/c1-4-10-5-7-11(8-6-10)12-16-13(15)18-14(17-12)19-9(2)3/h5-9H,4H2,1-3H3,(H2,15,16,17,18). The van der Waals surface area contributed by atoms with E-state index in [4.69, 9.17) is 10.5 Å². The van der Waals surface area contributed by atoms with Gasteiger partial charge < -0.3 is 10.5 Å². The maximum atomic E-state index is 5.69. The number of nitrogen functional groups attached to an aromatic ring is 1. The fourth-order valence-electron chi connectivity index (χ4n) is 1.65. The van der Waals surface area contributed by atoms with Crippen molar-refractivity contribution in [3.8, 4) is 17.4 Å². The number of aromatic nitrogens is 3. The van der Waals surface area contributed by atoms with Crippen LogP contribution in [0.15, 0.2) is 24.3 Å². The number of nitrogens with two attached hydrogens (primary N) is 1. The van der Waals surface area contributed by atoms with Gasteiger partial charge in [0.1, 0.15) is 0 Å². The first-order valence-corrected chi connectivity index (χ1v) is 6.36. The highest BCUT2D eigenvalue weighted by molar-refractivity contribution is 5.56. The first kappa shape index (κ1) is 13.3. The Labute approximate surface area is 112 Å². The predicted molar refractivity (Wildman–Crippen MR) is 74.8 cm³/mol. The summed E-state index contributed by atoms with van der Waals surface area (Å²) in [4.78, 5) is 12.4. The largest absolute Gasteiger partial charge is 0.461 e. The van der Waals surface area contributed by atoms with Gasteiger partial charge in [-0.1, -0.05) is 31.2 Å². The summed E-state index contributed by atoms with van der Waals surface area (Å²) in [6.07, 6.45) is 0.999. The number of rotatable bonds is 4. The number of hydrogen-bond acceptors (Lipinski definition) is 5. The summed E-state index contributed by atoms with van der Waals surface area (Å²) in [5, 5.41) is 0. The number of hydrogen-bond donors (Lipinski definition) is 1. The third-order valence-electron chi connectivity index (χ3n) is 2.59. The van der Waals surface area contributed by atoms with E-state index in [0.717, 1.165) is 12.0 Å². The van der Waals surface area contributed by atoms with Gasteiger partial charge in [-0.05, 0) is 25.8 Å². The van der Waals surface area contributed by atoms with E-state index in [2.05, 4.69) is 34.0 Å². The fourth-order valence-corrected chi connectivity index (χ4v) is 1.65. The number of nitrogens with zero attached hydrogens (tertiary/aromatic N) is 3. The van der Waals surface area contributed by atoms with Crippen molar-refractivity contribution < 1.29 is 4.74 Å². The molecule has 2 aromatic rings. The first-order valence-electron chi connectivity index (χ1n) is 6.36. The van der Waals surface area contributed by atoms with Crippen LogP contribution < -0.4 is 10.5 Å². The van der Waals surface area contributed by atoms with Gasteiger partial charge in [0.25, 0.3) is 0 Å². The zero-order chi connectivity index (χ0) is 13.8. The average Bonchev–Trinajstić information content (AvgIpc) is 2.37. The zero-order valence-corrected chi connectivity index (χ0v) is 11.4. The van der Waals surface area contributed by atoms with Crippen LogP contribution in [0.4, 0.5) is 5.95 Å². The lowest BCUT2D eigenvalue weighted by molar-refractivity contribution is 0.222. The Morgan fingerprint density at radius 2 is 1.79 bits per heavy atom. The van der Waals surface area contributed by atoms with Crippen molar-refractivity contribution in [3.63, 3.8) is 0 Å². The van der Waals surface area contributed by atoms with E-state index in [1.54, 1.807) is 0 Å². The summed E-state index contributed by atoms with van der Waals surface area (Å²) < 4.78 is 5.46. The second kappa shape index (κ2) is 5.65. The van der Waals surface area contributed by atoms with Crippen molar-refractivity contribution in [2.24, 2.45) is 0 Å². The molecule has 100 valence electrons. The molecule has 5 heteroatoms. The van der Waals surface area contributed by atoms with Gasteiger partial charge in [-0.2, -0.15) is 15.0 Å². The van der Waals surface area contributed by atoms with Gasteiger partial charge in [0.05, 0.1) is 6.10 Å². The second-order valence-electron chi connectivity index (χ2n) is 4.52. The second-order valence-corrected chi connectivity index (χ2v) is 4.52. The molecule has 0 aliphatic rings. The number of benzene rings is 1. The molecule has 0 atom stereocenters. The quantitative estimate of drug-likeness (QED) is 0.911. The molecule has 19 heavy (non-hydrogen) atoms. The maximum Gasteiger partial charge on any atom is 0.322 e. The molecular weight excluding hydrogens is 240 g/mol. The topological polar surface area (TPSA) is 73.9 Å². The van der Waals surface area contributed by atoms with E-state index < -0.39 is 0 Å². The molecule has 2 N–H and O–H groups in total. The first-order chi connectivity index (χ1) is 9.08. The van der Waals surface area contributed by atoms with E-state index in [-0.39, 0.29) is 18.1 Å². The normalized spacial score (nSPS) is 10.7. The minimum Gasteiger partial charge on any atom is -0.461 e. The Bertz CT molecular complexity index is 552. The Kier molecular flexibility index (Phi) is 3.94. The Hall–Kier alpha value is -2.17. The van der Waals surface area contributed by atoms with E-state index >= 15 is 0 Å². The van der Waals surface area contributed by atoms with Gasteiger partial charge in [-0.3, -0.25) is 0 Å². The van der Waals surface area contributed by atoms with E-state index in [1.807, 2.05) is 26.0 Å². The molecule has 1 aromatic carbocycles. The van der Waals surface area contributed by atoms with Crippen molar-refractivity contribution in [2.45, 2.75) is 33.3 Å². The molecule has 5 nitrogen and oxygen atoms in total. The molecule has 0 saturated carbocycles. The molecular formula is C14H18N4O. The summed E-state index contributed by atoms with van der Waals surface area (Å²) in [6.45, 7) is 5.94. The molecule has 0 saturated heterocycles. The molecule has 0 fully saturated rings. The number of anilines is 1. The highest BCUT2D eigenvalue weighted by Crippen LogP contribution is 2.19. The average molecular weight is 258 g/mol. The van der Waals surface area contributed by atoms with Gasteiger partial charge >= 0.3 is 6.01 Å². The lowest BCUT2D eigenvalue weighted by Gasteiger charge is -2.09. The van der Waals surface area contributed by atoms with Crippen molar-refractivity contribution in [3.05, 3.63) is 29.8 Å². The molecule has 0 radical (unpaired) electrons. The van der Waals surface area contributed by atoms with Crippen LogP contribution in [0.3, 0.4) is 0 Å². The summed E-state index contributed by atoms with van der Waals surface area (Å²) in [5.74, 6) is 0.700. The highest BCUT2D eigenvalue weighted by Gasteiger charge is 2.09. The summed E-state index contributed by atoms with van der Waals surface area (Å²) in [5.41, 5.74) is 7.86. The number of ether oxygens (including phenoxy) is 1. The lowest BCUT2D eigenvalue weighted by atomic mass is 10.1. The predicted octanol–water partition coefficient (Wildman–Crippen LogP) is 2.47. The summed E-state index contributed by atoms with van der Waals surface area (Å²) >= 11 is 0. The van der Waals surface area contributed by atoms with Crippen LogP contribution in [0, 0.1) is 0 Å². The molecule has 2 rings (SSSR count). The summed E-state index contributed by atoms with van der Waals surface area (Å²) in [6, 6.07) is 8.33. The van der Waals surface area contributed by atoms with Crippen LogP contribution in [0.25, 0.3) is 11.4 Å². The van der Waals surface area contributed by atoms with E-state index in [1.165, 1.54) is 5.56 Å². The zero-order valence-electron chi connectivity index (χ0n) is 11.4. The highest BCUT2D eigenvalue weighted by atomic mass is 16.5. The third-order valence-corrected chi connectivity index (χ3v) is 2.59. The third kappa shape index (κ3) is 3.40. The molecule has 1 aromatic heterocycles. The molecule has 0 spiro atoms. The fraction of sp³-hybridized carbons (Fsp3) is 0.357. The Balaban J connectivity index is 2.34. The summed E-state index contributed by atoms with van der Waals surface area (Å²) in [7, 11) is 0. The van der Waals surface area contributed by atoms with Crippen molar-refractivity contribution in [2.75, 3.05) is 5.73 Å². The van der Waals surface area contributed by atoms with Crippen LogP contribution in [0.1, 0.15) is 26.3 Å².